The van der Waals surface area contributed by atoms with Crippen LogP contribution in [0.25, 0.3) is 0 Å². The van der Waals surface area contributed by atoms with Crippen LogP contribution in [0.3, 0.4) is 0 Å². The highest BCUT2D eigenvalue weighted by Gasteiger charge is 2.71. The van der Waals surface area contributed by atoms with E-state index in [4.69, 9.17) is 20.8 Å². The molecule has 1 N–H and O–H groups in total. The van der Waals surface area contributed by atoms with Gasteiger partial charge in [-0.2, -0.15) is 13.2 Å². The van der Waals surface area contributed by atoms with Gasteiger partial charge in [0.1, 0.15) is 0 Å². The Morgan fingerprint density at radius 1 is 1.31 bits per heavy atom. The van der Waals surface area contributed by atoms with Crippen LogP contribution >= 0.6 is 0 Å². The number of carboxylic acid groups (broad SMARTS) is 1. The number of carbonyl (C=O) groups is 1. The molecule has 1 rings (SSSR count). The molecule has 1 fully saturated rings. The maximum absolute atomic E-state index is 12.3. The van der Waals surface area contributed by atoms with E-state index < -0.39 is 22.8 Å². The Kier molecular flexibility index (Phi) is 1.98. The summed E-state index contributed by atoms with van der Waals surface area (Å²) in [5, 5.41) is 5.71. The zero-order valence-electron chi connectivity index (χ0n) is 6.56. The number of hydrogen-bond donors (Lipinski definition) is 1. The summed E-state index contributed by atoms with van der Waals surface area (Å²) < 4.78 is 37.0. The van der Waals surface area contributed by atoms with E-state index in [-0.39, 0.29) is 12.8 Å². The first kappa shape index (κ1) is 10.5. The van der Waals surface area contributed by atoms with Crippen LogP contribution in [0, 0.1) is 5.41 Å². The molecule has 0 atom stereocenters. The lowest BCUT2D eigenvalue weighted by Gasteiger charge is -2.33. The van der Waals surface area contributed by atoms with E-state index >= 15 is 0 Å². The molecule has 7 heteroatoms. The molecule has 1 aliphatic rings. The van der Waals surface area contributed by atoms with Gasteiger partial charge in [0.05, 0.1) is 21.1 Å². The van der Waals surface area contributed by atoms with Crippen molar-refractivity contribution in [1.29, 1.82) is 0 Å². The Morgan fingerprint density at radius 3 is 1.77 bits per heavy atom. The van der Waals surface area contributed by atoms with Gasteiger partial charge in [-0.3, -0.25) is 4.79 Å². The molecule has 0 aromatic rings. The first-order chi connectivity index (χ1) is 5.65. The number of alkyl halides is 3. The zero-order valence-corrected chi connectivity index (χ0v) is 6.56. The van der Waals surface area contributed by atoms with Crippen LogP contribution in [-0.4, -0.2) is 32.9 Å². The van der Waals surface area contributed by atoms with Crippen LogP contribution in [-0.2, 0) is 4.79 Å². The fourth-order valence-electron chi connectivity index (χ4n) is 1.26. The second-order valence-electron chi connectivity index (χ2n) is 3.25. The predicted octanol–water partition coefficient (Wildman–Crippen LogP) is 0.867. The quantitative estimate of drug-likeness (QED) is 0.652. The van der Waals surface area contributed by atoms with E-state index in [1.165, 1.54) is 0 Å². The van der Waals surface area contributed by atoms with Crippen molar-refractivity contribution in [3.8, 4) is 0 Å². The summed E-state index contributed by atoms with van der Waals surface area (Å²) in [5.74, 6) is -1.83. The third kappa shape index (κ3) is 1.25. The fraction of sp³-hybridized carbons (Fsp3) is 0.833. The lowest BCUT2D eigenvalue weighted by atomic mass is 9.46. The van der Waals surface area contributed by atoms with Crippen molar-refractivity contribution in [2.75, 3.05) is 0 Å². The summed E-state index contributed by atoms with van der Waals surface area (Å²) in [6.07, 6.45) is -5.31. The van der Waals surface area contributed by atoms with E-state index in [0.29, 0.717) is 0 Å². The van der Waals surface area contributed by atoms with Crippen molar-refractivity contribution in [3.63, 3.8) is 0 Å². The lowest BCUT2D eigenvalue weighted by Crippen LogP contribution is -2.43. The van der Waals surface area contributed by atoms with E-state index in [0.717, 1.165) is 0 Å². The number of aliphatic carboxylic acids is 1. The minimum atomic E-state index is -4.66. The molecule has 0 aromatic heterocycles. The Labute approximate surface area is 75.3 Å². The number of rotatable bonds is 2. The third-order valence-corrected chi connectivity index (χ3v) is 2.44. The summed E-state index contributed by atoms with van der Waals surface area (Å²) in [4.78, 5) is 10.4. The standard InChI is InChI=1S/C6H5B2F3O2/c7-5(8,3(12)13)4(1-2-4)6(9,10)11/h1-2H2,(H,12,13). The van der Waals surface area contributed by atoms with Crippen molar-refractivity contribution in [2.24, 2.45) is 5.41 Å². The molecule has 68 valence electrons. The SMILES string of the molecule is [B]C([B])(C(=O)O)C1(C(F)(F)F)CC1. The Bertz CT molecular complexity index is 245. The fourth-order valence-corrected chi connectivity index (χ4v) is 1.26. The molecule has 2 nitrogen and oxygen atoms in total. The van der Waals surface area contributed by atoms with Crippen LogP contribution in [0.4, 0.5) is 13.2 Å². The molecular weight excluding hydrogens is 183 g/mol. The number of hydrogen-bond acceptors (Lipinski definition) is 1. The molecular formula is C6H5B2F3O2. The van der Waals surface area contributed by atoms with Crippen LogP contribution < -0.4 is 0 Å². The second kappa shape index (κ2) is 2.45. The minimum absolute atomic E-state index is 0.324. The van der Waals surface area contributed by atoms with Gasteiger partial charge in [0.25, 0.3) is 5.97 Å². The van der Waals surface area contributed by atoms with Crippen LogP contribution in [0.2, 0.25) is 5.21 Å². The summed E-state index contributed by atoms with van der Waals surface area (Å²) in [7, 11) is 9.89. The molecule has 0 heterocycles. The smallest absolute Gasteiger partial charge is 0.394 e. The van der Waals surface area contributed by atoms with Gasteiger partial charge in [0.15, 0.2) is 0 Å². The van der Waals surface area contributed by atoms with Crippen molar-refractivity contribution in [3.05, 3.63) is 0 Å². The summed E-state index contributed by atoms with van der Waals surface area (Å²) in [5.41, 5.74) is -2.44. The highest BCUT2D eigenvalue weighted by atomic mass is 19.4. The van der Waals surface area contributed by atoms with E-state index in [2.05, 4.69) is 0 Å². The number of carboxylic acids is 1. The molecule has 0 aromatic carbocycles. The van der Waals surface area contributed by atoms with Gasteiger partial charge in [-0.05, 0) is 12.8 Å². The Morgan fingerprint density at radius 2 is 1.69 bits per heavy atom. The monoisotopic (exact) mass is 188 g/mol. The summed E-state index contributed by atoms with van der Waals surface area (Å²) >= 11 is 0. The topological polar surface area (TPSA) is 37.3 Å². The average molecular weight is 188 g/mol. The molecule has 0 amide bonds. The Hall–Kier alpha value is -0.610. The van der Waals surface area contributed by atoms with Gasteiger partial charge in [-0.1, -0.05) is 0 Å². The van der Waals surface area contributed by atoms with Crippen molar-refractivity contribution in [2.45, 2.75) is 24.2 Å². The van der Waals surface area contributed by atoms with Gasteiger partial charge in [-0.25, -0.2) is 0 Å². The van der Waals surface area contributed by atoms with Gasteiger partial charge >= 0.3 is 6.18 Å². The normalized spacial score (nSPS) is 21.2. The minimum Gasteiger partial charge on any atom is -0.482 e. The molecule has 4 radical (unpaired) electrons. The second-order valence-corrected chi connectivity index (χ2v) is 3.25. The van der Waals surface area contributed by atoms with Gasteiger partial charge in [-0.15, -0.1) is 0 Å². The maximum Gasteiger partial charge on any atom is 0.394 e. The summed E-state index contributed by atoms with van der Waals surface area (Å²) in [6, 6.07) is 0. The van der Waals surface area contributed by atoms with E-state index in [9.17, 15) is 18.0 Å². The molecule has 1 saturated carbocycles. The van der Waals surface area contributed by atoms with Crippen LogP contribution in [0.1, 0.15) is 12.8 Å². The van der Waals surface area contributed by atoms with Crippen molar-refractivity contribution in [1.82, 2.24) is 0 Å². The van der Waals surface area contributed by atoms with Gasteiger partial charge < -0.3 is 5.11 Å². The zero-order chi connectivity index (χ0) is 10.5. The lowest BCUT2D eigenvalue weighted by molar-refractivity contribution is -0.197. The van der Waals surface area contributed by atoms with Crippen LogP contribution in [0.5, 0.6) is 0 Å². The molecule has 1 aliphatic carbocycles. The predicted molar refractivity (Wildman–Crippen MR) is 39.6 cm³/mol. The first-order valence-electron chi connectivity index (χ1n) is 3.53. The van der Waals surface area contributed by atoms with Gasteiger partial charge in [0, 0.05) is 5.21 Å². The highest BCUT2D eigenvalue weighted by Crippen LogP contribution is 2.68. The third-order valence-electron chi connectivity index (χ3n) is 2.44. The molecule has 0 aliphatic heterocycles. The molecule has 0 bridgehead atoms. The average Bonchev–Trinajstić information content (AvgIpc) is 2.61. The van der Waals surface area contributed by atoms with Crippen molar-refractivity contribution >= 4 is 21.7 Å². The maximum atomic E-state index is 12.3. The van der Waals surface area contributed by atoms with E-state index in [1.807, 2.05) is 0 Å². The number of halogens is 3. The van der Waals surface area contributed by atoms with Crippen molar-refractivity contribution < 1.29 is 23.1 Å². The molecule has 0 unspecified atom stereocenters. The van der Waals surface area contributed by atoms with E-state index in [1.54, 1.807) is 0 Å². The van der Waals surface area contributed by atoms with Crippen LogP contribution in [0.15, 0.2) is 0 Å². The molecule has 0 saturated heterocycles. The summed E-state index contributed by atoms with van der Waals surface area (Å²) in [6.45, 7) is 0. The highest BCUT2D eigenvalue weighted by molar-refractivity contribution is 6.50. The van der Waals surface area contributed by atoms with Gasteiger partial charge in [0.2, 0.25) is 0 Å². The largest absolute Gasteiger partial charge is 0.482 e. The Balaban J connectivity index is 3.01. The first-order valence-corrected chi connectivity index (χ1v) is 3.53. The molecule has 13 heavy (non-hydrogen) atoms. The molecule has 0 spiro atoms.